The first-order valence-electron chi connectivity index (χ1n) is 47.9. The van der Waals surface area contributed by atoms with Crippen LogP contribution in [0.4, 0.5) is 0 Å². The average molecular weight is 1800 g/mol. The Labute approximate surface area is 804 Å². The van der Waals surface area contributed by atoms with Gasteiger partial charge in [0.05, 0.1) is 116 Å². The van der Waals surface area contributed by atoms with Crippen molar-refractivity contribution in [1.29, 1.82) is 0 Å². The van der Waals surface area contributed by atoms with Crippen molar-refractivity contribution < 1.29 is 0 Å². The number of aromatic nitrogens is 14. The predicted molar refractivity (Wildman–Crippen MR) is 582 cm³/mol. The molecule has 0 aliphatic rings. The van der Waals surface area contributed by atoms with E-state index in [1.165, 1.54) is 53.9 Å². The van der Waals surface area contributed by atoms with E-state index in [1.807, 2.05) is 36.8 Å². The third-order valence-electron chi connectivity index (χ3n) is 29.2. The summed E-state index contributed by atoms with van der Waals surface area (Å²) in [6, 6.07) is 164. The summed E-state index contributed by atoms with van der Waals surface area (Å²) in [4.78, 5) is 27.8. The van der Waals surface area contributed by atoms with Gasteiger partial charge in [0.2, 0.25) is 0 Å². The molecule has 0 N–H and O–H groups in total. The van der Waals surface area contributed by atoms with Gasteiger partial charge in [0.1, 0.15) is 22.7 Å². The standard InChI is InChI=1S/C71H44N6.C56H34N8/c1-2-22-46(23-3-1)73-57-33-13-4-32-55(57)56-43-42-45(44-66(56)73)67-68(74-58-34-14-5-24-47(58)48-25-6-15-35-59(48)74)70(76-62-38-18-9-28-51(62)52-29-10-19-39-63(52)76)72-71(77-64-40-20-11-30-53(64)54-31-12-21-41-65(54)77)69(67)75-60-36-16-7-26-49(60)50-27-8-17-37-61(50)75;1-2-17-35(18-3-1)49-53(61-43-26-11-6-21-38(43)50-46(61)29-14-32-57-50)55(63-41-24-9-4-19-36(41)37-20-5-10-25-42(37)63)60-56(64-45-28-13-8-23-40(45)52-48(64)31-16-34-59-52)54(49)62-44-27-12-7-22-39(44)51-47(62)30-15-33-58-51/h1-44H;1-34H. The number of hydrogen-bond acceptors (Lipinski definition) is 5. The van der Waals surface area contributed by atoms with Crippen LogP contribution in [0.15, 0.2) is 474 Å². The molecule has 31 aromatic rings. The molecule has 14 heterocycles. The lowest BCUT2D eigenvalue weighted by molar-refractivity contribution is 0.960. The van der Waals surface area contributed by atoms with E-state index < -0.39 is 0 Å². The van der Waals surface area contributed by atoms with Gasteiger partial charge in [-0.05, 0) is 151 Å². The van der Waals surface area contributed by atoms with Crippen molar-refractivity contribution in [3.05, 3.63) is 474 Å². The van der Waals surface area contributed by atoms with Gasteiger partial charge in [-0.2, -0.15) is 0 Å². The van der Waals surface area contributed by atoms with Gasteiger partial charge in [0, 0.05) is 116 Å². The number of rotatable bonds is 11. The Kier molecular flexibility index (Phi) is 16.9. The SMILES string of the molecule is c1ccc(-c2c(-n3c4ccccc4c4ncccc43)c(-n3c4ccccc4c4ccccc43)nc(-n3c4ccccc4c4ncccc43)c2-n2c3ccccc3c3ncccc32)cc1.c1ccc(-n2c3ccccc3c3ccc(-c4c(-n5c6ccccc6c6ccccc65)c(-n5c6ccccc6c6ccccc65)nc(-n5c6ccccc6c6ccccc65)c4-n4c5ccccc5c5ccccc54)cc32)cc1. The molecule has 14 aromatic heterocycles. The Bertz CT molecular complexity index is 9780. The first-order valence-corrected chi connectivity index (χ1v) is 47.9. The molecule has 0 fully saturated rings. The second kappa shape index (κ2) is 30.6. The third-order valence-corrected chi connectivity index (χ3v) is 29.2. The molecule has 0 bridgehead atoms. The topological polar surface area (TPSA) is 109 Å². The number of nitrogens with zero attached hydrogens (tertiary/aromatic N) is 14. The summed E-state index contributed by atoms with van der Waals surface area (Å²) in [5.74, 6) is 3.15. The minimum Gasteiger partial charge on any atom is -0.309 e. The highest BCUT2D eigenvalue weighted by molar-refractivity contribution is 6.20. The van der Waals surface area contributed by atoms with Crippen molar-refractivity contribution in [2.75, 3.05) is 0 Å². The zero-order valence-electron chi connectivity index (χ0n) is 75.8. The maximum Gasteiger partial charge on any atom is 0.165 e. The van der Waals surface area contributed by atoms with Crippen LogP contribution in [0.25, 0.3) is 271 Å². The normalized spacial score (nSPS) is 12.1. The summed E-state index contributed by atoms with van der Waals surface area (Å²) in [5.41, 5.74) is 30.8. The highest BCUT2D eigenvalue weighted by Crippen LogP contribution is 2.54. The maximum absolute atomic E-state index is 6.42. The van der Waals surface area contributed by atoms with Gasteiger partial charge in [0.25, 0.3) is 0 Å². The summed E-state index contributed by atoms with van der Waals surface area (Å²) in [6.45, 7) is 0. The molecule has 656 valence electrons. The van der Waals surface area contributed by atoms with Gasteiger partial charge < -0.3 is 22.8 Å². The smallest absolute Gasteiger partial charge is 0.165 e. The van der Waals surface area contributed by atoms with Gasteiger partial charge in [-0.25, -0.2) is 9.97 Å². The summed E-state index contributed by atoms with van der Waals surface area (Å²) >= 11 is 0. The molecule has 0 saturated carbocycles. The quantitative estimate of drug-likeness (QED) is 0.128. The van der Waals surface area contributed by atoms with Gasteiger partial charge in [-0.15, -0.1) is 0 Å². The van der Waals surface area contributed by atoms with Gasteiger partial charge in [0.15, 0.2) is 23.3 Å². The van der Waals surface area contributed by atoms with Gasteiger partial charge >= 0.3 is 0 Å². The Hall–Kier alpha value is -19.3. The van der Waals surface area contributed by atoms with E-state index in [-0.39, 0.29) is 0 Å². The van der Waals surface area contributed by atoms with Crippen LogP contribution in [0, 0.1) is 0 Å². The predicted octanol–water partition coefficient (Wildman–Crippen LogP) is 31.6. The van der Waals surface area contributed by atoms with Crippen LogP contribution in [0.1, 0.15) is 0 Å². The zero-order valence-corrected chi connectivity index (χ0v) is 75.8. The fourth-order valence-electron chi connectivity index (χ4n) is 23.5. The molecule has 141 heavy (non-hydrogen) atoms. The lowest BCUT2D eigenvalue weighted by Gasteiger charge is -2.27. The van der Waals surface area contributed by atoms with Crippen molar-refractivity contribution in [3.63, 3.8) is 0 Å². The van der Waals surface area contributed by atoms with Crippen LogP contribution >= 0.6 is 0 Å². The molecule has 31 rings (SSSR count). The van der Waals surface area contributed by atoms with Crippen LogP contribution in [0.5, 0.6) is 0 Å². The molecule has 0 saturated heterocycles. The van der Waals surface area contributed by atoms with Crippen molar-refractivity contribution in [2.45, 2.75) is 0 Å². The number of para-hydroxylation sites is 15. The molecular weight excluding hydrogens is 1720 g/mol. The molecule has 0 aliphatic carbocycles. The lowest BCUT2D eigenvalue weighted by atomic mass is 9.98. The van der Waals surface area contributed by atoms with Crippen LogP contribution in [-0.4, -0.2) is 66.0 Å². The third kappa shape index (κ3) is 11.3. The second-order valence-corrected chi connectivity index (χ2v) is 36.5. The van der Waals surface area contributed by atoms with Crippen LogP contribution in [0.3, 0.4) is 0 Å². The van der Waals surface area contributed by atoms with Crippen molar-refractivity contribution in [2.24, 2.45) is 0 Å². The summed E-state index contributed by atoms with van der Waals surface area (Å²) in [6.07, 6.45) is 5.65. The molecule has 0 atom stereocenters. The monoisotopic (exact) mass is 1800 g/mol. The van der Waals surface area contributed by atoms with Crippen molar-refractivity contribution in [1.82, 2.24) is 66.0 Å². The number of pyridine rings is 5. The first kappa shape index (κ1) is 78.1. The Morgan fingerprint density at radius 2 is 0.333 bits per heavy atom. The summed E-state index contributed by atoms with van der Waals surface area (Å²) in [5, 5.41) is 17.2. The van der Waals surface area contributed by atoms with E-state index in [9.17, 15) is 0 Å². The Morgan fingerprint density at radius 1 is 0.135 bits per heavy atom. The Morgan fingerprint density at radius 3 is 0.631 bits per heavy atom. The van der Waals surface area contributed by atoms with Gasteiger partial charge in [-0.3, -0.25) is 33.2 Å². The molecule has 17 aromatic carbocycles. The van der Waals surface area contributed by atoms with E-state index in [4.69, 9.17) is 24.9 Å². The minimum atomic E-state index is 0.754. The number of hydrogen-bond donors (Lipinski definition) is 0. The average Bonchev–Trinajstić information content (AvgIpc) is 1.55. The molecule has 0 unspecified atom stereocenters. The van der Waals surface area contributed by atoms with Gasteiger partial charge in [-0.1, -0.05) is 315 Å². The maximum atomic E-state index is 6.42. The molecule has 14 nitrogen and oxygen atoms in total. The van der Waals surface area contributed by atoms with E-state index in [0.717, 1.165) is 217 Å². The number of benzene rings is 17. The van der Waals surface area contributed by atoms with E-state index >= 15 is 0 Å². The second-order valence-electron chi connectivity index (χ2n) is 36.5. The molecule has 0 amide bonds. The fourth-order valence-corrected chi connectivity index (χ4v) is 23.5. The molecule has 14 heteroatoms. The molecule has 0 aliphatic heterocycles. The molecule has 0 radical (unpaired) electrons. The largest absolute Gasteiger partial charge is 0.309 e. The molecule has 0 spiro atoms. The lowest BCUT2D eigenvalue weighted by Crippen LogP contribution is -2.16. The highest BCUT2D eigenvalue weighted by Gasteiger charge is 2.37. The van der Waals surface area contributed by atoms with E-state index in [1.54, 1.807) is 0 Å². The van der Waals surface area contributed by atoms with Crippen LogP contribution in [0.2, 0.25) is 0 Å². The van der Waals surface area contributed by atoms with E-state index in [0.29, 0.717) is 0 Å². The highest BCUT2D eigenvalue weighted by atomic mass is 15.2. The fraction of sp³-hybridized carbons (Fsp3) is 0. The first-order chi connectivity index (χ1) is 70.1. The summed E-state index contributed by atoms with van der Waals surface area (Å²) < 4.78 is 21.9. The number of fused-ring (bicyclic) bond motifs is 27. The van der Waals surface area contributed by atoms with Crippen LogP contribution < -0.4 is 0 Å². The minimum absolute atomic E-state index is 0.754. The molecular formula is C127H78N14. The van der Waals surface area contributed by atoms with Crippen molar-refractivity contribution >= 4 is 197 Å². The summed E-state index contributed by atoms with van der Waals surface area (Å²) in [7, 11) is 0. The zero-order chi connectivity index (χ0) is 92.2. The van der Waals surface area contributed by atoms with Crippen molar-refractivity contribution in [3.8, 4) is 74.0 Å². The van der Waals surface area contributed by atoms with E-state index in [2.05, 4.69) is 478 Å². The van der Waals surface area contributed by atoms with Crippen LogP contribution in [-0.2, 0) is 0 Å². The Balaban J connectivity index is 0.000000135.